The molecule has 3 heterocycles. The van der Waals surface area contributed by atoms with Crippen LogP contribution in [0.1, 0.15) is 24.8 Å². The van der Waals surface area contributed by atoms with Crippen LogP contribution in [0.2, 0.25) is 0 Å². The van der Waals surface area contributed by atoms with Crippen LogP contribution in [0.15, 0.2) is 17.5 Å². The van der Waals surface area contributed by atoms with Gasteiger partial charge in [0.1, 0.15) is 6.04 Å². The molecule has 3 rings (SSSR count). The molecule has 2 unspecified atom stereocenters. The largest absolute Gasteiger partial charge is 0.338 e. The van der Waals surface area contributed by atoms with Gasteiger partial charge in [-0.2, -0.15) is 0 Å². The minimum atomic E-state index is -0.111. The Balaban J connectivity index is 1.77. The number of piperazine rings is 2. The highest BCUT2D eigenvalue weighted by Crippen LogP contribution is 2.29. The van der Waals surface area contributed by atoms with Crippen LogP contribution in [0, 0.1) is 0 Å². The van der Waals surface area contributed by atoms with E-state index in [0.717, 1.165) is 52.4 Å². The second-order valence-electron chi connectivity index (χ2n) is 6.47. The van der Waals surface area contributed by atoms with Crippen molar-refractivity contribution in [2.75, 3.05) is 52.4 Å². The van der Waals surface area contributed by atoms with Gasteiger partial charge >= 0.3 is 0 Å². The van der Waals surface area contributed by atoms with E-state index >= 15 is 0 Å². The van der Waals surface area contributed by atoms with Crippen LogP contribution in [0.5, 0.6) is 0 Å². The second-order valence-corrected chi connectivity index (χ2v) is 7.45. The molecule has 1 aromatic rings. The lowest BCUT2D eigenvalue weighted by Gasteiger charge is -2.42. The van der Waals surface area contributed by atoms with Gasteiger partial charge in [0, 0.05) is 56.7 Å². The molecule has 0 spiro atoms. The predicted octanol–water partition coefficient (Wildman–Crippen LogP) is 1.25. The Morgan fingerprint density at radius 2 is 2.13 bits per heavy atom. The van der Waals surface area contributed by atoms with Gasteiger partial charge in [-0.15, -0.1) is 11.3 Å². The zero-order chi connectivity index (χ0) is 16.2. The molecule has 2 fully saturated rings. The van der Waals surface area contributed by atoms with Gasteiger partial charge in [-0.05, 0) is 24.9 Å². The van der Waals surface area contributed by atoms with Crippen LogP contribution < -0.4 is 5.32 Å². The van der Waals surface area contributed by atoms with Crippen LogP contribution >= 0.6 is 11.3 Å². The summed E-state index contributed by atoms with van der Waals surface area (Å²) < 4.78 is 0. The molecular weight excluding hydrogens is 308 g/mol. The molecule has 0 bridgehead atoms. The van der Waals surface area contributed by atoms with Crippen LogP contribution in [0.3, 0.4) is 0 Å². The smallest absolute Gasteiger partial charge is 0.245 e. The van der Waals surface area contributed by atoms with E-state index in [1.165, 1.54) is 4.88 Å². The van der Waals surface area contributed by atoms with Crippen molar-refractivity contribution >= 4 is 17.2 Å². The highest BCUT2D eigenvalue weighted by Gasteiger charge is 2.36. The molecule has 2 saturated heterocycles. The number of carbonyl (C=O) groups excluding carboxylic acids is 1. The number of rotatable bonds is 4. The van der Waals surface area contributed by atoms with E-state index in [9.17, 15) is 4.79 Å². The van der Waals surface area contributed by atoms with Gasteiger partial charge in [0.15, 0.2) is 0 Å². The van der Waals surface area contributed by atoms with Crippen molar-refractivity contribution in [2.24, 2.45) is 0 Å². The molecule has 0 aromatic carbocycles. The average molecular weight is 337 g/mol. The zero-order valence-corrected chi connectivity index (χ0v) is 15.0. The standard InChI is InChI=1S/C17H28N4OS/c1-3-19-8-10-20(11-9-19)17(22)16(15-5-4-12-23-15)21-7-6-18-13-14(21)2/h4-5,12,14,16,18H,3,6-11,13H2,1-2H3. The van der Waals surface area contributed by atoms with Gasteiger partial charge in [0.2, 0.25) is 5.91 Å². The second kappa shape index (κ2) is 7.75. The topological polar surface area (TPSA) is 38.8 Å². The van der Waals surface area contributed by atoms with E-state index in [0.29, 0.717) is 6.04 Å². The Kier molecular flexibility index (Phi) is 5.69. The highest BCUT2D eigenvalue weighted by molar-refractivity contribution is 7.10. The number of hydrogen-bond acceptors (Lipinski definition) is 5. The Hall–Kier alpha value is -0.950. The Bertz CT molecular complexity index is 499. The molecule has 0 aliphatic carbocycles. The molecule has 2 aliphatic heterocycles. The minimum Gasteiger partial charge on any atom is -0.338 e. The summed E-state index contributed by atoms with van der Waals surface area (Å²) in [6.45, 7) is 12.0. The van der Waals surface area contributed by atoms with Crippen LogP contribution in [-0.4, -0.2) is 79.0 Å². The number of nitrogens with zero attached hydrogens (tertiary/aromatic N) is 3. The van der Waals surface area contributed by atoms with Crippen molar-refractivity contribution in [3.63, 3.8) is 0 Å². The first kappa shape index (κ1) is 16.9. The zero-order valence-electron chi connectivity index (χ0n) is 14.2. The minimum absolute atomic E-state index is 0.111. The Morgan fingerprint density at radius 3 is 2.74 bits per heavy atom. The molecule has 5 nitrogen and oxygen atoms in total. The fourth-order valence-electron chi connectivity index (χ4n) is 3.57. The van der Waals surface area contributed by atoms with Crippen molar-refractivity contribution < 1.29 is 4.79 Å². The summed E-state index contributed by atoms with van der Waals surface area (Å²) in [5.41, 5.74) is 0. The molecule has 1 aromatic heterocycles. The van der Waals surface area contributed by atoms with E-state index in [2.05, 4.69) is 51.4 Å². The van der Waals surface area contributed by atoms with Gasteiger partial charge in [-0.3, -0.25) is 9.69 Å². The van der Waals surface area contributed by atoms with E-state index in [1.54, 1.807) is 11.3 Å². The monoisotopic (exact) mass is 336 g/mol. The Morgan fingerprint density at radius 1 is 1.35 bits per heavy atom. The van der Waals surface area contributed by atoms with Crippen LogP contribution in [0.25, 0.3) is 0 Å². The summed E-state index contributed by atoms with van der Waals surface area (Å²) in [6, 6.07) is 4.45. The molecule has 2 atom stereocenters. The predicted molar refractivity (Wildman–Crippen MR) is 94.8 cm³/mol. The average Bonchev–Trinajstić information content (AvgIpc) is 3.11. The number of hydrogen-bond donors (Lipinski definition) is 1. The summed E-state index contributed by atoms with van der Waals surface area (Å²) in [5, 5.41) is 5.51. The molecule has 128 valence electrons. The third-order valence-electron chi connectivity index (χ3n) is 5.06. The van der Waals surface area contributed by atoms with Crippen molar-refractivity contribution in [2.45, 2.75) is 25.9 Å². The third-order valence-corrected chi connectivity index (χ3v) is 5.99. The van der Waals surface area contributed by atoms with Gasteiger partial charge in [0.25, 0.3) is 0 Å². The fraction of sp³-hybridized carbons (Fsp3) is 0.706. The summed E-state index contributed by atoms with van der Waals surface area (Å²) >= 11 is 1.70. The lowest BCUT2D eigenvalue weighted by molar-refractivity contribution is -0.140. The molecule has 2 aliphatic rings. The van der Waals surface area contributed by atoms with Crippen LogP contribution in [-0.2, 0) is 4.79 Å². The third kappa shape index (κ3) is 3.76. The lowest BCUT2D eigenvalue weighted by atomic mass is 10.1. The molecule has 1 N–H and O–H groups in total. The van der Waals surface area contributed by atoms with Gasteiger partial charge in [-0.25, -0.2) is 0 Å². The summed E-state index contributed by atoms with van der Waals surface area (Å²) in [6.07, 6.45) is 0. The van der Waals surface area contributed by atoms with Gasteiger partial charge in [-0.1, -0.05) is 13.0 Å². The first-order chi connectivity index (χ1) is 11.2. The molecule has 23 heavy (non-hydrogen) atoms. The summed E-state index contributed by atoms with van der Waals surface area (Å²) in [5.74, 6) is 0.289. The normalized spacial score (nSPS) is 25.5. The van der Waals surface area contributed by atoms with E-state index < -0.39 is 0 Å². The van der Waals surface area contributed by atoms with Crippen molar-refractivity contribution in [1.29, 1.82) is 0 Å². The number of likely N-dealkylation sites (N-methyl/N-ethyl adjacent to an activating group) is 1. The number of thiophene rings is 1. The first-order valence-electron chi connectivity index (χ1n) is 8.71. The molecule has 6 heteroatoms. The summed E-state index contributed by atoms with van der Waals surface area (Å²) in [7, 11) is 0. The molecule has 0 saturated carbocycles. The first-order valence-corrected chi connectivity index (χ1v) is 9.59. The van der Waals surface area contributed by atoms with E-state index in [4.69, 9.17) is 0 Å². The van der Waals surface area contributed by atoms with Crippen molar-refractivity contribution in [1.82, 2.24) is 20.0 Å². The quantitative estimate of drug-likeness (QED) is 0.898. The van der Waals surface area contributed by atoms with E-state index in [-0.39, 0.29) is 11.9 Å². The van der Waals surface area contributed by atoms with Crippen LogP contribution in [0.4, 0.5) is 0 Å². The van der Waals surface area contributed by atoms with Crippen molar-refractivity contribution in [3.8, 4) is 0 Å². The number of nitrogens with one attached hydrogen (secondary N) is 1. The molecule has 0 radical (unpaired) electrons. The Labute approximate surface area is 143 Å². The maximum atomic E-state index is 13.3. The molecular formula is C17H28N4OS. The molecule has 1 amide bonds. The number of carbonyl (C=O) groups is 1. The fourth-order valence-corrected chi connectivity index (χ4v) is 4.41. The maximum Gasteiger partial charge on any atom is 0.245 e. The van der Waals surface area contributed by atoms with E-state index in [1.807, 2.05) is 0 Å². The summed E-state index contributed by atoms with van der Waals surface area (Å²) in [4.78, 5) is 21.3. The van der Waals surface area contributed by atoms with Gasteiger partial charge in [0.05, 0.1) is 0 Å². The number of amides is 1. The maximum absolute atomic E-state index is 13.3. The SMILES string of the molecule is CCN1CCN(C(=O)C(c2cccs2)N2CCNCC2C)CC1. The highest BCUT2D eigenvalue weighted by atomic mass is 32.1. The van der Waals surface area contributed by atoms with Crippen molar-refractivity contribution in [3.05, 3.63) is 22.4 Å². The van der Waals surface area contributed by atoms with Gasteiger partial charge < -0.3 is 15.1 Å². The lowest BCUT2D eigenvalue weighted by Crippen LogP contribution is -2.56.